The molecule has 1 amide bonds. The average Bonchev–Trinajstić information content (AvgIpc) is 1.35. The van der Waals surface area contributed by atoms with Gasteiger partial charge in [0.25, 0.3) is 0 Å². The summed E-state index contributed by atoms with van der Waals surface area (Å²) in [6.45, 7) is 1.64. The summed E-state index contributed by atoms with van der Waals surface area (Å²) in [4.78, 5) is 13.4. The van der Waals surface area contributed by atoms with E-state index in [-0.39, 0.29) is 18.9 Å². The van der Waals surface area contributed by atoms with E-state index in [9.17, 15) is 61.0 Å². The van der Waals surface area contributed by atoms with E-state index < -0.39 is 124 Å². The topological polar surface area (TPSA) is 307 Å². The van der Waals surface area contributed by atoms with Gasteiger partial charge in [-0.05, 0) is 38.5 Å². The second-order valence-corrected chi connectivity index (χ2v) is 25.7. The van der Waals surface area contributed by atoms with Crippen LogP contribution in [0, 0.1) is 0 Å². The van der Waals surface area contributed by atoms with Crippen molar-refractivity contribution in [3.63, 3.8) is 0 Å². The van der Waals surface area contributed by atoms with Gasteiger partial charge in [0.2, 0.25) is 5.91 Å². The quantitative estimate of drug-likeness (QED) is 0.0199. The molecule has 0 spiro atoms. The van der Waals surface area contributed by atoms with E-state index in [1.165, 1.54) is 186 Å². The molecule has 0 aromatic heterocycles. The molecule has 0 aromatic carbocycles. The second kappa shape index (κ2) is 52.3. The van der Waals surface area contributed by atoms with Gasteiger partial charge in [-0.1, -0.05) is 262 Å². The van der Waals surface area contributed by atoms with Crippen molar-refractivity contribution in [1.82, 2.24) is 5.32 Å². The number of rotatable bonds is 55. The second-order valence-electron chi connectivity index (χ2n) is 25.7. The van der Waals surface area contributed by atoms with Gasteiger partial charge in [-0.2, -0.15) is 0 Å². The number of hydrogen-bond donors (Lipinski definition) is 12. The number of amides is 1. The Bertz CT molecular complexity index is 1760. The monoisotopic (exact) mass is 1270 g/mol. The van der Waals surface area contributed by atoms with Crippen LogP contribution in [0.2, 0.25) is 0 Å². The fraction of sp³-hybridized carbons (Fsp3) is 0.900. The van der Waals surface area contributed by atoms with Crippen molar-refractivity contribution in [2.45, 2.75) is 375 Å². The molecule has 3 aliphatic rings. The summed E-state index contributed by atoms with van der Waals surface area (Å²) in [5, 5.41) is 120. The summed E-state index contributed by atoms with van der Waals surface area (Å²) in [5.41, 5.74) is 0. The van der Waals surface area contributed by atoms with Gasteiger partial charge in [0, 0.05) is 6.42 Å². The lowest BCUT2D eigenvalue weighted by atomic mass is 9.96. The zero-order valence-electron chi connectivity index (χ0n) is 55.2. The minimum atomic E-state index is -1.98. The molecule has 522 valence electrons. The Morgan fingerprint density at radius 3 is 1.10 bits per heavy atom. The number of allylic oxidation sites excluding steroid dienone is 5. The van der Waals surface area contributed by atoms with Crippen molar-refractivity contribution in [2.24, 2.45) is 0 Å². The Morgan fingerprint density at radius 2 is 0.719 bits per heavy atom. The molecule has 0 radical (unpaired) electrons. The number of aliphatic hydroxyl groups excluding tert-OH is 11. The Morgan fingerprint density at radius 1 is 0.393 bits per heavy atom. The Hall–Kier alpha value is -1.99. The number of unbranched alkanes of at least 4 members (excludes halogenated alkanes) is 35. The first-order chi connectivity index (χ1) is 43.3. The van der Waals surface area contributed by atoms with E-state index in [0.717, 1.165) is 51.4 Å². The van der Waals surface area contributed by atoms with E-state index in [2.05, 4.69) is 43.5 Å². The number of hydrogen-bond acceptors (Lipinski definition) is 18. The maximum absolute atomic E-state index is 13.4. The molecule has 0 aromatic rings. The van der Waals surface area contributed by atoms with Crippen molar-refractivity contribution < 1.29 is 89.4 Å². The van der Waals surface area contributed by atoms with Crippen LogP contribution in [0.3, 0.4) is 0 Å². The minimum absolute atomic E-state index is 0.235. The van der Waals surface area contributed by atoms with Crippen molar-refractivity contribution in [3.05, 3.63) is 36.5 Å². The molecule has 3 rings (SSSR count). The molecule has 0 saturated carbocycles. The fourth-order valence-corrected chi connectivity index (χ4v) is 12.1. The normalized spacial score (nSPS) is 28.4. The predicted molar refractivity (Wildman–Crippen MR) is 346 cm³/mol. The molecule has 19 nitrogen and oxygen atoms in total. The largest absolute Gasteiger partial charge is 0.394 e. The van der Waals surface area contributed by atoms with Gasteiger partial charge < -0.3 is 89.9 Å². The van der Waals surface area contributed by atoms with Crippen LogP contribution in [0.5, 0.6) is 0 Å². The molecule has 0 aliphatic carbocycles. The van der Waals surface area contributed by atoms with Crippen LogP contribution in [0.25, 0.3) is 0 Å². The van der Waals surface area contributed by atoms with Gasteiger partial charge in [0.1, 0.15) is 73.2 Å². The van der Waals surface area contributed by atoms with Gasteiger partial charge >= 0.3 is 0 Å². The first-order valence-electron chi connectivity index (χ1n) is 35.7. The van der Waals surface area contributed by atoms with E-state index in [1.807, 2.05) is 6.08 Å². The van der Waals surface area contributed by atoms with E-state index in [4.69, 9.17) is 28.4 Å². The summed E-state index contributed by atoms with van der Waals surface area (Å²) < 4.78 is 34.3. The molecular formula is C70H129NO18. The highest BCUT2D eigenvalue weighted by Gasteiger charge is 2.53. The van der Waals surface area contributed by atoms with Crippen LogP contribution in [-0.2, 0) is 33.2 Å². The van der Waals surface area contributed by atoms with Crippen LogP contribution in [0.1, 0.15) is 271 Å². The van der Waals surface area contributed by atoms with Crippen LogP contribution in [-0.4, -0.2) is 193 Å². The smallest absolute Gasteiger partial charge is 0.220 e. The van der Waals surface area contributed by atoms with Crippen molar-refractivity contribution in [2.75, 3.05) is 26.4 Å². The lowest BCUT2D eigenvalue weighted by Crippen LogP contribution is -2.66. The molecule has 3 aliphatic heterocycles. The zero-order chi connectivity index (χ0) is 64.7. The first-order valence-corrected chi connectivity index (χ1v) is 35.7. The SMILES string of the molecule is CCC/C=C/CC/C=C/CC/C=C/C(O)C(COC1OC(CO)C(OC2OC(CO)C(OC3OC(CO)C(O)C(O)C3O)C(O)C2O)C(O)C1O)NC(=O)CCCCCCCCCCCCCCCCCCCCCCCCCCCCCCCCCCC. The number of ether oxygens (including phenoxy) is 6. The van der Waals surface area contributed by atoms with Crippen LogP contribution < -0.4 is 5.32 Å². The molecule has 3 saturated heterocycles. The van der Waals surface area contributed by atoms with Gasteiger partial charge in [0.05, 0.1) is 38.6 Å². The van der Waals surface area contributed by atoms with E-state index in [1.54, 1.807) is 6.08 Å². The number of carbonyl (C=O) groups is 1. The Kier molecular flexibility index (Phi) is 47.7. The summed E-state index contributed by atoms with van der Waals surface area (Å²) in [5.74, 6) is -0.287. The average molecular weight is 1270 g/mol. The maximum Gasteiger partial charge on any atom is 0.220 e. The lowest BCUT2D eigenvalue weighted by Gasteiger charge is -2.48. The van der Waals surface area contributed by atoms with Gasteiger partial charge in [0.15, 0.2) is 18.9 Å². The van der Waals surface area contributed by atoms with Crippen molar-refractivity contribution >= 4 is 5.91 Å². The summed E-state index contributed by atoms with van der Waals surface area (Å²) in [6, 6.07) is -0.993. The number of nitrogens with one attached hydrogen (secondary N) is 1. The maximum atomic E-state index is 13.4. The third-order valence-corrected chi connectivity index (χ3v) is 17.9. The fourth-order valence-electron chi connectivity index (χ4n) is 12.1. The van der Waals surface area contributed by atoms with Crippen LogP contribution in [0.15, 0.2) is 36.5 Å². The van der Waals surface area contributed by atoms with Gasteiger partial charge in [-0.3, -0.25) is 4.79 Å². The third kappa shape index (κ3) is 34.3. The van der Waals surface area contributed by atoms with E-state index >= 15 is 0 Å². The molecule has 17 unspecified atom stereocenters. The first kappa shape index (κ1) is 81.2. The molecule has 17 atom stereocenters. The summed E-state index contributed by atoms with van der Waals surface area (Å²) in [6.07, 6.45) is 34.7. The van der Waals surface area contributed by atoms with Gasteiger partial charge in [-0.25, -0.2) is 0 Å². The van der Waals surface area contributed by atoms with Crippen LogP contribution >= 0.6 is 0 Å². The van der Waals surface area contributed by atoms with Crippen LogP contribution in [0.4, 0.5) is 0 Å². The standard InChI is InChI=1S/C70H129NO18/c1-3-5-7-9-11-13-15-16-17-18-19-20-21-22-23-24-25-26-27-28-29-30-31-32-33-34-35-36-38-40-42-44-46-48-58(76)71-53(54(75)47-45-43-41-39-37-14-12-10-8-6-4-2)52-84-68-64(82)61(79)66(56(50-73)86-68)89-70-65(83)62(80)67(57(51-74)87-70)88-69-63(81)60(78)59(77)55(49-72)85-69/h8,10,37,39,45,47,53-57,59-70,72-75,77-83H,3-7,9,11-36,38,40-44,46,48-52H2,1-2H3,(H,71,76)/b10-8+,39-37+,47-45+. The molecule has 0 bridgehead atoms. The highest BCUT2D eigenvalue weighted by atomic mass is 16.8. The van der Waals surface area contributed by atoms with Crippen molar-refractivity contribution in [1.29, 1.82) is 0 Å². The summed E-state index contributed by atoms with van der Waals surface area (Å²) in [7, 11) is 0. The Balaban J connectivity index is 1.33. The van der Waals surface area contributed by atoms with E-state index in [0.29, 0.717) is 12.8 Å². The Labute approximate surface area is 536 Å². The zero-order valence-corrected chi connectivity index (χ0v) is 55.2. The lowest BCUT2D eigenvalue weighted by molar-refractivity contribution is -0.379. The molecular weight excluding hydrogens is 1140 g/mol. The number of carbonyl (C=O) groups excluding carboxylic acids is 1. The highest BCUT2D eigenvalue weighted by molar-refractivity contribution is 5.76. The molecule has 19 heteroatoms. The molecule has 3 heterocycles. The highest BCUT2D eigenvalue weighted by Crippen LogP contribution is 2.33. The third-order valence-electron chi connectivity index (χ3n) is 17.9. The summed E-state index contributed by atoms with van der Waals surface area (Å²) >= 11 is 0. The van der Waals surface area contributed by atoms with Crippen molar-refractivity contribution in [3.8, 4) is 0 Å². The predicted octanol–water partition coefficient (Wildman–Crippen LogP) is 9.61. The molecule has 89 heavy (non-hydrogen) atoms. The minimum Gasteiger partial charge on any atom is -0.394 e. The molecule has 12 N–H and O–H groups in total. The molecule has 3 fully saturated rings. The number of aliphatic hydroxyl groups is 11. The van der Waals surface area contributed by atoms with Gasteiger partial charge in [-0.15, -0.1) is 0 Å².